The second-order valence-corrected chi connectivity index (χ2v) is 4.51. The molecule has 0 aromatic heterocycles. The number of anilines is 1. The fourth-order valence-corrected chi connectivity index (χ4v) is 2.21. The Morgan fingerprint density at radius 1 is 1.12 bits per heavy atom. The van der Waals surface area contributed by atoms with Gasteiger partial charge in [-0.1, -0.05) is 12.1 Å². The van der Waals surface area contributed by atoms with E-state index in [1.54, 1.807) is 0 Å². The van der Waals surface area contributed by atoms with Gasteiger partial charge in [0.15, 0.2) is 0 Å². The quantitative estimate of drug-likeness (QED) is 0.893. The molecule has 1 N–H and O–H groups in total. The van der Waals surface area contributed by atoms with E-state index in [1.165, 1.54) is 24.1 Å². The number of benzene rings is 1. The molecule has 98 valence electrons. The van der Waals surface area contributed by atoms with Crippen molar-refractivity contribution >= 4 is 30.5 Å². The number of halogens is 2. The molecule has 1 aliphatic rings. The minimum atomic E-state index is 0. The zero-order chi connectivity index (χ0) is 10.7. The molecule has 1 aliphatic heterocycles. The van der Waals surface area contributed by atoms with Crippen molar-refractivity contribution in [3.05, 3.63) is 29.8 Å². The predicted molar refractivity (Wildman–Crippen MR) is 80.1 cm³/mol. The average molecular weight is 277 g/mol. The van der Waals surface area contributed by atoms with Gasteiger partial charge in [-0.2, -0.15) is 0 Å². The van der Waals surface area contributed by atoms with Gasteiger partial charge in [-0.25, -0.2) is 0 Å². The van der Waals surface area contributed by atoms with Gasteiger partial charge < -0.3 is 10.2 Å². The van der Waals surface area contributed by atoms with Crippen molar-refractivity contribution in [3.8, 4) is 0 Å². The number of nitrogens with one attached hydrogen (secondary N) is 1. The van der Waals surface area contributed by atoms with Crippen LogP contribution in [0.5, 0.6) is 0 Å². The molecule has 2 rings (SSSR count). The smallest absolute Gasteiger partial charge is 0.0363 e. The molecule has 4 heteroatoms. The highest BCUT2D eigenvalue weighted by molar-refractivity contribution is 5.85. The van der Waals surface area contributed by atoms with Crippen LogP contribution >= 0.6 is 24.8 Å². The van der Waals surface area contributed by atoms with Crippen molar-refractivity contribution in [1.82, 2.24) is 5.32 Å². The van der Waals surface area contributed by atoms with E-state index in [4.69, 9.17) is 0 Å². The molecule has 0 amide bonds. The van der Waals surface area contributed by atoms with Crippen LogP contribution in [0.1, 0.15) is 24.3 Å². The molecule has 1 saturated heterocycles. The summed E-state index contributed by atoms with van der Waals surface area (Å²) in [7, 11) is 4.20. The summed E-state index contributed by atoms with van der Waals surface area (Å²) in [6.45, 7) is 2.33. The van der Waals surface area contributed by atoms with E-state index in [0.29, 0.717) is 0 Å². The lowest BCUT2D eigenvalue weighted by Gasteiger charge is -2.24. The molecule has 0 unspecified atom stereocenters. The number of hydrogen-bond acceptors (Lipinski definition) is 2. The average Bonchev–Trinajstić information content (AvgIpc) is 2.30. The first-order chi connectivity index (χ1) is 7.27. The van der Waals surface area contributed by atoms with Crippen LogP contribution in [0.3, 0.4) is 0 Å². The highest BCUT2D eigenvalue weighted by atomic mass is 35.5. The number of nitrogens with zero attached hydrogens (tertiary/aromatic N) is 1. The van der Waals surface area contributed by atoms with Gasteiger partial charge in [-0.3, -0.25) is 0 Å². The first kappa shape index (κ1) is 16.6. The highest BCUT2D eigenvalue weighted by Gasteiger charge is 2.15. The second-order valence-electron chi connectivity index (χ2n) is 4.51. The first-order valence-electron chi connectivity index (χ1n) is 5.75. The van der Waals surface area contributed by atoms with Crippen LogP contribution in [0, 0.1) is 0 Å². The summed E-state index contributed by atoms with van der Waals surface area (Å²) in [4.78, 5) is 2.17. The van der Waals surface area contributed by atoms with Crippen molar-refractivity contribution in [2.24, 2.45) is 0 Å². The van der Waals surface area contributed by atoms with E-state index in [9.17, 15) is 0 Å². The SMILES string of the molecule is CN(C)c1cccc(C2CCNCC2)c1.Cl.Cl. The summed E-state index contributed by atoms with van der Waals surface area (Å²) in [5, 5.41) is 3.41. The van der Waals surface area contributed by atoms with Crippen molar-refractivity contribution < 1.29 is 0 Å². The van der Waals surface area contributed by atoms with Gasteiger partial charge in [0.1, 0.15) is 0 Å². The molecule has 0 saturated carbocycles. The summed E-state index contributed by atoms with van der Waals surface area (Å²) in [6.07, 6.45) is 2.55. The fourth-order valence-electron chi connectivity index (χ4n) is 2.21. The number of hydrogen-bond donors (Lipinski definition) is 1. The fraction of sp³-hybridized carbons (Fsp3) is 0.538. The third kappa shape index (κ3) is 4.38. The molecular formula is C13H22Cl2N2. The van der Waals surface area contributed by atoms with Crippen LogP contribution in [-0.4, -0.2) is 27.2 Å². The zero-order valence-electron chi connectivity index (χ0n) is 10.5. The van der Waals surface area contributed by atoms with Crippen LogP contribution in [0.2, 0.25) is 0 Å². The molecule has 0 radical (unpaired) electrons. The summed E-state index contributed by atoms with van der Waals surface area (Å²) >= 11 is 0. The van der Waals surface area contributed by atoms with E-state index in [0.717, 1.165) is 19.0 Å². The predicted octanol–water partition coefficient (Wildman–Crippen LogP) is 3.06. The van der Waals surface area contributed by atoms with E-state index >= 15 is 0 Å². The Morgan fingerprint density at radius 2 is 1.76 bits per heavy atom. The molecule has 0 spiro atoms. The van der Waals surface area contributed by atoms with Crippen molar-refractivity contribution in [2.75, 3.05) is 32.1 Å². The summed E-state index contributed by atoms with van der Waals surface area (Å²) in [5.41, 5.74) is 2.81. The maximum Gasteiger partial charge on any atom is 0.0363 e. The number of rotatable bonds is 2. The maximum absolute atomic E-state index is 3.41. The molecule has 2 nitrogen and oxygen atoms in total. The largest absolute Gasteiger partial charge is 0.378 e. The maximum atomic E-state index is 3.41. The van der Waals surface area contributed by atoms with Gasteiger partial charge in [0.05, 0.1) is 0 Å². The van der Waals surface area contributed by atoms with Crippen molar-refractivity contribution in [2.45, 2.75) is 18.8 Å². The van der Waals surface area contributed by atoms with E-state index < -0.39 is 0 Å². The van der Waals surface area contributed by atoms with Gasteiger partial charge in [-0.15, -0.1) is 24.8 Å². The van der Waals surface area contributed by atoms with Crippen LogP contribution in [0.15, 0.2) is 24.3 Å². The molecular weight excluding hydrogens is 255 g/mol. The van der Waals surface area contributed by atoms with Crippen LogP contribution in [0.4, 0.5) is 5.69 Å². The van der Waals surface area contributed by atoms with Gasteiger partial charge >= 0.3 is 0 Å². The lowest BCUT2D eigenvalue weighted by molar-refractivity contribution is 0.460. The Balaban J connectivity index is 0.00000128. The van der Waals surface area contributed by atoms with Crippen LogP contribution < -0.4 is 10.2 Å². The Hall–Kier alpha value is -0.440. The first-order valence-corrected chi connectivity index (χ1v) is 5.75. The lowest BCUT2D eigenvalue weighted by Crippen LogP contribution is -2.26. The molecule has 1 aromatic carbocycles. The van der Waals surface area contributed by atoms with Gasteiger partial charge in [0, 0.05) is 19.8 Å². The van der Waals surface area contributed by atoms with E-state index in [-0.39, 0.29) is 24.8 Å². The molecule has 1 fully saturated rings. The topological polar surface area (TPSA) is 15.3 Å². The van der Waals surface area contributed by atoms with Crippen LogP contribution in [-0.2, 0) is 0 Å². The van der Waals surface area contributed by atoms with Gasteiger partial charge in [0.2, 0.25) is 0 Å². The molecule has 0 aliphatic carbocycles. The van der Waals surface area contributed by atoms with Gasteiger partial charge in [-0.05, 0) is 49.5 Å². The molecule has 0 bridgehead atoms. The van der Waals surface area contributed by atoms with Gasteiger partial charge in [0.25, 0.3) is 0 Å². The monoisotopic (exact) mass is 276 g/mol. The zero-order valence-corrected chi connectivity index (χ0v) is 12.1. The molecule has 1 aromatic rings. The Kier molecular flexibility index (Phi) is 7.60. The Morgan fingerprint density at radius 3 is 2.35 bits per heavy atom. The Bertz CT molecular complexity index is 323. The van der Waals surface area contributed by atoms with E-state index in [1.807, 2.05) is 0 Å². The standard InChI is InChI=1S/C13H20N2.2ClH/c1-15(2)13-5-3-4-12(10-13)11-6-8-14-9-7-11;;/h3-5,10-11,14H,6-9H2,1-2H3;2*1H. The minimum Gasteiger partial charge on any atom is -0.378 e. The molecule has 0 atom stereocenters. The molecule has 1 heterocycles. The highest BCUT2D eigenvalue weighted by Crippen LogP contribution is 2.27. The van der Waals surface area contributed by atoms with Crippen molar-refractivity contribution in [3.63, 3.8) is 0 Å². The van der Waals surface area contributed by atoms with E-state index in [2.05, 4.69) is 48.6 Å². The minimum absolute atomic E-state index is 0. The third-order valence-electron chi connectivity index (χ3n) is 3.20. The Labute approximate surface area is 117 Å². The molecule has 17 heavy (non-hydrogen) atoms. The summed E-state index contributed by atoms with van der Waals surface area (Å²) < 4.78 is 0. The van der Waals surface area contributed by atoms with Crippen LogP contribution in [0.25, 0.3) is 0 Å². The normalized spacial score (nSPS) is 15.6. The third-order valence-corrected chi connectivity index (χ3v) is 3.20. The van der Waals surface area contributed by atoms with Crippen molar-refractivity contribution in [1.29, 1.82) is 0 Å². The summed E-state index contributed by atoms with van der Waals surface area (Å²) in [6, 6.07) is 8.94. The lowest BCUT2D eigenvalue weighted by atomic mass is 9.90. The number of piperidine rings is 1. The summed E-state index contributed by atoms with van der Waals surface area (Å²) in [5.74, 6) is 0.756. The second kappa shape index (κ2) is 7.80.